The number of amides is 3. The van der Waals surface area contributed by atoms with Crippen LogP contribution in [-0.2, 0) is 4.79 Å². The molecule has 0 saturated heterocycles. The van der Waals surface area contributed by atoms with Gasteiger partial charge < -0.3 is 4.90 Å². The Morgan fingerprint density at radius 1 is 1.06 bits per heavy atom. The summed E-state index contributed by atoms with van der Waals surface area (Å²) >= 11 is 0.980. The molecule has 0 N–H and O–H groups in total. The highest BCUT2D eigenvalue weighted by Crippen LogP contribution is 2.32. The van der Waals surface area contributed by atoms with E-state index in [1.807, 2.05) is 19.0 Å². The van der Waals surface area contributed by atoms with Gasteiger partial charge in [0.2, 0.25) is 5.91 Å². The largest absolute Gasteiger partial charge is 0.309 e. The average Bonchev–Trinajstić information content (AvgIpc) is 3.26. The van der Waals surface area contributed by atoms with Crippen LogP contribution >= 0.6 is 23.7 Å². The van der Waals surface area contributed by atoms with E-state index in [-0.39, 0.29) is 45.4 Å². The van der Waals surface area contributed by atoms with Crippen LogP contribution in [-0.4, -0.2) is 66.2 Å². The first-order chi connectivity index (χ1) is 15.3. The minimum atomic E-state index is -0.816. The van der Waals surface area contributed by atoms with Crippen molar-refractivity contribution < 1.29 is 23.2 Å². The lowest BCUT2D eigenvalue weighted by atomic mass is 10.1. The summed E-state index contributed by atoms with van der Waals surface area (Å²) in [5.74, 6) is -3.15. The summed E-state index contributed by atoms with van der Waals surface area (Å²) in [6, 6.07) is 8.28. The lowest BCUT2D eigenvalue weighted by Gasteiger charge is -2.23. The molecule has 1 aliphatic heterocycles. The number of rotatable bonds is 7. The summed E-state index contributed by atoms with van der Waals surface area (Å²) in [5.41, 5.74) is 0.474. The van der Waals surface area contributed by atoms with E-state index < -0.39 is 35.9 Å². The molecule has 3 aromatic rings. The van der Waals surface area contributed by atoms with Gasteiger partial charge in [-0.1, -0.05) is 23.5 Å². The summed E-state index contributed by atoms with van der Waals surface area (Å²) in [6.45, 7) is 0.440. The van der Waals surface area contributed by atoms with Gasteiger partial charge in [0, 0.05) is 12.6 Å². The van der Waals surface area contributed by atoms with Crippen molar-refractivity contribution in [3.8, 4) is 0 Å². The normalized spacial score (nSPS) is 12.9. The van der Waals surface area contributed by atoms with Crippen LogP contribution in [0.4, 0.5) is 13.9 Å². The highest BCUT2D eigenvalue weighted by Gasteiger charge is 2.37. The SMILES string of the molecule is CN(C)CCCN(C(=O)CN1C(=O)c2ccccc2C1=O)c1nc2c(F)cc(F)cc2s1.Cl. The average molecular weight is 495 g/mol. The van der Waals surface area contributed by atoms with Crippen LogP contribution in [0.2, 0.25) is 0 Å². The molecule has 0 bridgehead atoms. The Hall–Kier alpha value is -2.95. The van der Waals surface area contributed by atoms with Gasteiger partial charge in [-0.3, -0.25) is 24.2 Å². The van der Waals surface area contributed by atoms with E-state index in [1.165, 1.54) is 4.90 Å². The fourth-order valence-corrected chi connectivity index (χ4v) is 4.58. The number of aromatic nitrogens is 1. The number of carbonyl (C=O) groups is 3. The second kappa shape index (κ2) is 9.90. The molecule has 0 spiro atoms. The number of hydrogen-bond acceptors (Lipinski definition) is 6. The van der Waals surface area contributed by atoms with Gasteiger partial charge in [-0.25, -0.2) is 13.8 Å². The Kier molecular flexibility index (Phi) is 7.41. The van der Waals surface area contributed by atoms with Gasteiger partial charge in [-0.05, 0) is 45.3 Å². The minimum absolute atomic E-state index is 0. The van der Waals surface area contributed by atoms with E-state index >= 15 is 0 Å². The van der Waals surface area contributed by atoms with Crippen molar-refractivity contribution in [3.63, 3.8) is 0 Å². The number of benzene rings is 2. The molecule has 1 aromatic heterocycles. The Morgan fingerprint density at radius 3 is 2.30 bits per heavy atom. The lowest BCUT2D eigenvalue weighted by molar-refractivity contribution is -0.119. The second-order valence-corrected chi connectivity index (χ2v) is 8.68. The third kappa shape index (κ3) is 4.87. The third-order valence-electron chi connectivity index (χ3n) is 5.09. The number of fused-ring (bicyclic) bond motifs is 2. The van der Waals surface area contributed by atoms with Gasteiger partial charge >= 0.3 is 0 Å². The predicted molar refractivity (Wildman–Crippen MR) is 124 cm³/mol. The smallest absolute Gasteiger partial charge is 0.262 e. The predicted octanol–water partition coefficient (Wildman–Crippen LogP) is 3.58. The van der Waals surface area contributed by atoms with Gasteiger partial charge in [-0.2, -0.15) is 0 Å². The molecular weight excluding hydrogens is 474 g/mol. The topological polar surface area (TPSA) is 73.8 Å². The van der Waals surface area contributed by atoms with Crippen molar-refractivity contribution in [2.75, 3.05) is 38.6 Å². The van der Waals surface area contributed by atoms with Crippen LogP contribution in [0.3, 0.4) is 0 Å². The van der Waals surface area contributed by atoms with E-state index in [1.54, 1.807) is 24.3 Å². The molecule has 0 fully saturated rings. The molecule has 2 aromatic carbocycles. The van der Waals surface area contributed by atoms with Crippen LogP contribution in [0.1, 0.15) is 27.1 Å². The van der Waals surface area contributed by atoms with Crippen molar-refractivity contribution in [2.45, 2.75) is 6.42 Å². The zero-order valence-corrected chi connectivity index (χ0v) is 19.5. The summed E-state index contributed by atoms with van der Waals surface area (Å²) in [7, 11) is 3.78. The third-order valence-corrected chi connectivity index (χ3v) is 6.12. The number of carbonyl (C=O) groups excluding carboxylic acids is 3. The van der Waals surface area contributed by atoms with Crippen molar-refractivity contribution in [2.24, 2.45) is 0 Å². The van der Waals surface area contributed by atoms with E-state index in [2.05, 4.69) is 4.98 Å². The standard InChI is InChI=1S/C22H20F2N4O3S.ClH/c1-26(2)8-5-9-27(22-25-19-16(24)10-13(23)11-17(19)32-22)18(29)12-28-20(30)14-6-3-4-7-15(14)21(28)31;/h3-4,6-7,10-11H,5,8-9,12H2,1-2H3;1H. The molecular formula is C22H21ClF2N4O3S. The van der Waals surface area contributed by atoms with Gasteiger partial charge in [0.15, 0.2) is 10.9 Å². The zero-order valence-electron chi connectivity index (χ0n) is 17.9. The fraction of sp³-hybridized carbons (Fsp3) is 0.273. The first-order valence-corrected chi connectivity index (χ1v) is 10.7. The molecule has 4 rings (SSSR count). The number of nitrogens with zero attached hydrogens (tertiary/aromatic N) is 4. The summed E-state index contributed by atoms with van der Waals surface area (Å²) < 4.78 is 28.0. The molecule has 0 unspecified atom stereocenters. The zero-order chi connectivity index (χ0) is 23.0. The quantitative estimate of drug-likeness (QED) is 0.469. The monoisotopic (exact) mass is 494 g/mol. The lowest BCUT2D eigenvalue weighted by Crippen LogP contribution is -2.43. The number of anilines is 1. The van der Waals surface area contributed by atoms with Crippen molar-refractivity contribution in [1.82, 2.24) is 14.8 Å². The Morgan fingerprint density at radius 2 is 1.70 bits per heavy atom. The Labute approximate surface area is 199 Å². The van der Waals surface area contributed by atoms with Crippen LogP contribution in [0.15, 0.2) is 36.4 Å². The minimum Gasteiger partial charge on any atom is -0.309 e. The molecule has 3 amide bonds. The highest BCUT2D eigenvalue weighted by atomic mass is 35.5. The molecule has 174 valence electrons. The van der Waals surface area contributed by atoms with Crippen LogP contribution < -0.4 is 4.90 Å². The van der Waals surface area contributed by atoms with Gasteiger partial charge in [0.05, 0.1) is 15.8 Å². The van der Waals surface area contributed by atoms with Crippen LogP contribution in [0, 0.1) is 11.6 Å². The van der Waals surface area contributed by atoms with Crippen molar-refractivity contribution in [1.29, 1.82) is 0 Å². The maximum Gasteiger partial charge on any atom is 0.262 e. The molecule has 33 heavy (non-hydrogen) atoms. The maximum atomic E-state index is 14.2. The summed E-state index contributed by atoms with van der Waals surface area (Å²) in [4.78, 5) is 46.9. The fourth-order valence-electron chi connectivity index (χ4n) is 3.54. The van der Waals surface area contributed by atoms with E-state index in [0.29, 0.717) is 13.0 Å². The summed E-state index contributed by atoms with van der Waals surface area (Å²) in [5, 5.41) is 0.185. The summed E-state index contributed by atoms with van der Waals surface area (Å²) in [6.07, 6.45) is 0.577. The van der Waals surface area contributed by atoms with Gasteiger partial charge in [0.25, 0.3) is 11.8 Å². The van der Waals surface area contributed by atoms with E-state index in [4.69, 9.17) is 0 Å². The van der Waals surface area contributed by atoms with Crippen molar-refractivity contribution in [3.05, 3.63) is 59.2 Å². The Balaban J connectivity index is 0.00000306. The molecule has 1 aliphatic rings. The highest BCUT2D eigenvalue weighted by molar-refractivity contribution is 7.22. The molecule has 0 radical (unpaired) electrons. The molecule has 11 heteroatoms. The van der Waals surface area contributed by atoms with Crippen LogP contribution in [0.5, 0.6) is 0 Å². The molecule has 7 nitrogen and oxygen atoms in total. The number of halogens is 3. The number of thiazole rings is 1. The van der Waals surface area contributed by atoms with E-state index in [0.717, 1.165) is 28.4 Å². The molecule has 0 atom stereocenters. The first-order valence-electron chi connectivity index (χ1n) is 9.92. The molecule has 0 saturated carbocycles. The van der Waals surface area contributed by atoms with Crippen molar-refractivity contribution >= 4 is 56.8 Å². The molecule has 2 heterocycles. The van der Waals surface area contributed by atoms with Crippen LogP contribution in [0.25, 0.3) is 10.2 Å². The second-order valence-electron chi connectivity index (χ2n) is 7.68. The maximum absolute atomic E-state index is 14.2. The number of imide groups is 1. The van der Waals surface area contributed by atoms with Gasteiger partial charge in [-0.15, -0.1) is 12.4 Å². The number of hydrogen-bond donors (Lipinski definition) is 0. The Bertz CT molecular complexity index is 1200. The van der Waals surface area contributed by atoms with Gasteiger partial charge in [0.1, 0.15) is 17.9 Å². The first kappa shape index (κ1) is 24.7. The molecule has 0 aliphatic carbocycles. The van der Waals surface area contributed by atoms with E-state index in [9.17, 15) is 23.2 Å².